The van der Waals surface area contributed by atoms with Crippen LogP contribution in [0.5, 0.6) is 5.75 Å². The van der Waals surface area contributed by atoms with Gasteiger partial charge in [-0.3, -0.25) is 9.79 Å². The van der Waals surface area contributed by atoms with Crippen LogP contribution in [-0.2, 0) is 0 Å². The monoisotopic (exact) mass is 360 g/mol. The van der Waals surface area contributed by atoms with Crippen LogP contribution in [-0.4, -0.2) is 11.3 Å². The van der Waals surface area contributed by atoms with Crippen molar-refractivity contribution in [2.45, 2.75) is 19.8 Å². The van der Waals surface area contributed by atoms with Crippen LogP contribution in [0, 0.1) is 0 Å². The van der Waals surface area contributed by atoms with Crippen molar-refractivity contribution in [3.8, 4) is 5.75 Å². The summed E-state index contributed by atoms with van der Waals surface area (Å²) in [6.45, 7) is 3.83. The summed E-state index contributed by atoms with van der Waals surface area (Å²) in [5.74, 6) is -0.221. The number of hydrogen-bond donors (Lipinski definition) is 2. The highest BCUT2D eigenvalue weighted by Gasteiger charge is 2.11. The van der Waals surface area contributed by atoms with Gasteiger partial charge in [0.2, 0.25) is 5.43 Å². The molecule has 0 saturated heterocycles. The molecule has 0 aliphatic rings. The van der Waals surface area contributed by atoms with Crippen LogP contribution in [0.1, 0.15) is 30.9 Å². The van der Waals surface area contributed by atoms with Gasteiger partial charge in [0.15, 0.2) is 5.75 Å². The van der Waals surface area contributed by atoms with Gasteiger partial charge in [0.05, 0.1) is 15.8 Å². The molecule has 0 atom stereocenters. The molecule has 5 heteroatoms. The first kappa shape index (κ1) is 16.2. The third kappa shape index (κ3) is 3.54. The quantitative estimate of drug-likeness (QED) is 0.642. The molecule has 0 spiro atoms. The van der Waals surface area contributed by atoms with Crippen LogP contribution in [0.4, 0.5) is 11.4 Å². The average Bonchev–Trinajstić information content (AvgIpc) is 2.58. The van der Waals surface area contributed by atoms with E-state index in [0.29, 0.717) is 27.0 Å². The third-order valence-electron chi connectivity index (χ3n) is 3.23. The number of nitrogen functional groups attached to an aromatic ring is 1. The first-order chi connectivity index (χ1) is 10.4. The highest BCUT2D eigenvalue weighted by atomic mass is 79.9. The second-order valence-electron chi connectivity index (χ2n) is 5.24. The summed E-state index contributed by atoms with van der Waals surface area (Å²) >= 11 is 3.19. The van der Waals surface area contributed by atoms with E-state index < -0.39 is 5.43 Å². The van der Waals surface area contributed by atoms with Crippen molar-refractivity contribution < 1.29 is 5.11 Å². The van der Waals surface area contributed by atoms with Crippen molar-refractivity contribution in [1.82, 2.24) is 0 Å². The topological polar surface area (TPSA) is 75.7 Å². The molecule has 0 aliphatic heterocycles. The zero-order valence-electron chi connectivity index (χ0n) is 12.4. The zero-order valence-corrected chi connectivity index (χ0v) is 14.0. The van der Waals surface area contributed by atoms with Crippen LogP contribution >= 0.6 is 15.9 Å². The van der Waals surface area contributed by atoms with Gasteiger partial charge >= 0.3 is 0 Å². The largest absolute Gasteiger partial charge is 0.504 e. The molecule has 3 N–H and O–H groups in total. The summed E-state index contributed by atoms with van der Waals surface area (Å²) in [5, 5.41) is 10.1. The second kappa shape index (κ2) is 6.75. The van der Waals surface area contributed by atoms with Crippen molar-refractivity contribution in [3.05, 3.63) is 62.2 Å². The van der Waals surface area contributed by atoms with E-state index in [4.69, 9.17) is 5.73 Å². The van der Waals surface area contributed by atoms with Gasteiger partial charge in [0.25, 0.3) is 0 Å². The number of anilines is 1. The lowest BCUT2D eigenvalue weighted by molar-refractivity contribution is 0.460. The van der Waals surface area contributed by atoms with Crippen molar-refractivity contribution in [2.24, 2.45) is 4.99 Å². The van der Waals surface area contributed by atoms with Crippen molar-refractivity contribution in [1.29, 1.82) is 0 Å². The SMILES string of the molecule is CC(C)c1cc(C=Nc2ccccc2N)cc(Br)c(=O)c1O. The maximum absolute atomic E-state index is 12.0. The summed E-state index contributed by atoms with van der Waals surface area (Å²) < 4.78 is 0.291. The fourth-order valence-electron chi connectivity index (χ4n) is 2.01. The molecule has 0 aromatic heterocycles. The fourth-order valence-corrected chi connectivity index (χ4v) is 2.46. The number of aromatic hydroxyl groups is 1. The Labute approximate surface area is 137 Å². The number of nitrogens with two attached hydrogens (primary N) is 1. The molecular weight excluding hydrogens is 344 g/mol. The lowest BCUT2D eigenvalue weighted by Crippen LogP contribution is -2.00. The summed E-state index contributed by atoms with van der Waals surface area (Å²) in [6, 6.07) is 10.7. The minimum absolute atomic E-state index is 0.0148. The van der Waals surface area contributed by atoms with Gasteiger partial charge < -0.3 is 10.8 Å². The molecule has 0 saturated carbocycles. The summed E-state index contributed by atoms with van der Waals surface area (Å²) in [5.41, 5.74) is 7.94. The van der Waals surface area contributed by atoms with E-state index in [9.17, 15) is 9.90 Å². The van der Waals surface area contributed by atoms with Gasteiger partial charge in [-0.2, -0.15) is 0 Å². The highest BCUT2D eigenvalue weighted by molar-refractivity contribution is 9.10. The third-order valence-corrected chi connectivity index (χ3v) is 3.82. The van der Waals surface area contributed by atoms with E-state index in [1.54, 1.807) is 24.4 Å². The number of benzene rings is 1. The molecule has 0 bridgehead atoms. The van der Waals surface area contributed by atoms with E-state index >= 15 is 0 Å². The molecule has 2 rings (SSSR count). The van der Waals surface area contributed by atoms with Gasteiger partial charge in [0.1, 0.15) is 0 Å². The maximum atomic E-state index is 12.0. The van der Waals surface area contributed by atoms with E-state index in [1.165, 1.54) is 0 Å². The Kier molecular flexibility index (Phi) is 4.98. The van der Waals surface area contributed by atoms with Crippen molar-refractivity contribution in [3.63, 3.8) is 0 Å². The molecule has 0 unspecified atom stereocenters. The zero-order chi connectivity index (χ0) is 16.3. The molecule has 0 heterocycles. The standard InChI is InChI=1S/C17H17BrN2O2/c1-10(2)12-7-11(8-13(18)17(22)16(12)21)9-20-15-6-4-3-5-14(15)19/h3-10H,19H2,1-2H3,(H,21,22). The van der Waals surface area contributed by atoms with Gasteiger partial charge in [-0.15, -0.1) is 0 Å². The average molecular weight is 361 g/mol. The first-order valence-electron chi connectivity index (χ1n) is 6.85. The number of aliphatic imine (C=N–C) groups is 1. The minimum atomic E-state index is -0.428. The minimum Gasteiger partial charge on any atom is -0.504 e. The molecule has 22 heavy (non-hydrogen) atoms. The van der Waals surface area contributed by atoms with Crippen LogP contribution in [0.2, 0.25) is 0 Å². The van der Waals surface area contributed by atoms with Crippen LogP contribution in [0.25, 0.3) is 0 Å². The van der Waals surface area contributed by atoms with E-state index in [2.05, 4.69) is 20.9 Å². The summed E-state index contributed by atoms with van der Waals surface area (Å²) in [7, 11) is 0. The number of hydrogen-bond acceptors (Lipinski definition) is 4. The molecule has 2 aromatic carbocycles. The molecule has 0 fully saturated rings. The van der Waals surface area contributed by atoms with E-state index in [1.807, 2.05) is 32.0 Å². The Hall–Kier alpha value is -2.14. The lowest BCUT2D eigenvalue weighted by atomic mass is 10.0. The van der Waals surface area contributed by atoms with Gasteiger partial charge in [-0.05, 0) is 51.7 Å². The van der Waals surface area contributed by atoms with Crippen LogP contribution < -0.4 is 11.2 Å². The Morgan fingerprint density at radius 1 is 1.27 bits per heavy atom. The lowest BCUT2D eigenvalue weighted by Gasteiger charge is -2.04. The number of halogens is 1. The Bertz CT molecular complexity index is 786. The molecule has 0 aliphatic carbocycles. The molecule has 0 amide bonds. The smallest absolute Gasteiger partial charge is 0.234 e. The predicted molar refractivity (Wildman–Crippen MR) is 94.3 cm³/mol. The Morgan fingerprint density at radius 2 is 1.95 bits per heavy atom. The van der Waals surface area contributed by atoms with Crippen molar-refractivity contribution in [2.75, 3.05) is 5.73 Å². The van der Waals surface area contributed by atoms with Crippen LogP contribution in [0.15, 0.2) is 50.7 Å². The maximum Gasteiger partial charge on any atom is 0.234 e. The predicted octanol–water partition coefficient (Wildman–Crippen LogP) is 3.97. The van der Waals surface area contributed by atoms with Gasteiger partial charge in [0, 0.05) is 11.8 Å². The fraction of sp³-hybridized carbons (Fsp3) is 0.176. The number of nitrogens with zero attached hydrogens (tertiary/aromatic N) is 1. The molecule has 4 nitrogen and oxygen atoms in total. The van der Waals surface area contributed by atoms with Crippen molar-refractivity contribution >= 4 is 33.5 Å². The second-order valence-corrected chi connectivity index (χ2v) is 6.10. The Balaban J connectivity index is 2.55. The molecular formula is C17H17BrN2O2. The molecule has 0 radical (unpaired) electrons. The molecule has 2 aromatic rings. The van der Waals surface area contributed by atoms with E-state index in [0.717, 1.165) is 0 Å². The summed E-state index contributed by atoms with van der Waals surface area (Å²) in [4.78, 5) is 16.4. The first-order valence-corrected chi connectivity index (χ1v) is 7.64. The number of rotatable bonds is 3. The highest BCUT2D eigenvalue weighted by Crippen LogP contribution is 2.25. The normalized spacial score (nSPS) is 11.3. The molecule has 114 valence electrons. The van der Waals surface area contributed by atoms with Gasteiger partial charge in [-0.1, -0.05) is 26.0 Å². The van der Waals surface area contributed by atoms with E-state index in [-0.39, 0.29) is 11.7 Å². The van der Waals surface area contributed by atoms with Crippen LogP contribution in [0.3, 0.4) is 0 Å². The number of para-hydroxylation sites is 2. The van der Waals surface area contributed by atoms with Gasteiger partial charge in [-0.25, -0.2) is 0 Å². The Morgan fingerprint density at radius 3 is 2.59 bits per heavy atom. The summed E-state index contributed by atoms with van der Waals surface area (Å²) in [6.07, 6.45) is 1.63.